The molecular weight excluding hydrogens is 436 g/mol. The molecule has 0 saturated carbocycles. The molecule has 2 heterocycles. The maximum Gasteiger partial charge on any atom is 0.223 e. The van der Waals surface area contributed by atoms with Crippen LogP contribution in [0, 0.1) is 6.92 Å². The first kappa shape index (κ1) is 23.2. The first-order chi connectivity index (χ1) is 17.1. The monoisotopic (exact) mass is 468 g/mol. The molecule has 1 aromatic heterocycles. The molecule has 1 amide bonds. The summed E-state index contributed by atoms with van der Waals surface area (Å²) < 4.78 is 13.1. The number of benzene rings is 3. The second kappa shape index (κ2) is 10.4. The predicted octanol–water partition coefficient (Wildman–Crippen LogP) is 5.39. The Balaban J connectivity index is 1.53. The van der Waals surface area contributed by atoms with Crippen molar-refractivity contribution >= 4 is 16.8 Å². The van der Waals surface area contributed by atoms with Gasteiger partial charge in [-0.3, -0.25) is 4.79 Å². The van der Waals surface area contributed by atoms with E-state index in [1.807, 2.05) is 17.0 Å². The van der Waals surface area contributed by atoms with E-state index in [0.29, 0.717) is 32.7 Å². The van der Waals surface area contributed by atoms with Crippen molar-refractivity contribution in [1.82, 2.24) is 9.47 Å². The van der Waals surface area contributed by atoms with Crippen molar-refractivity contribution in [3.05, 3.63) is 101 Å². The number of nitrogens with zero attached hydrogens (tertiary/aromatic N) is 2. The molecule has 1 fully saturated rings. The standard InChI is InChI=1S/C30H32N2O3/c1-22-7-11-24(12-8-22)27(19-30(33)31-15-17-35-18-16-31)28-21-32(29-6-4-3-5-26(28)29)20-23-9-13-25(34-2)14-10-23/h3-14,21,27H,15-20H2,1-2H3/t27-/m0/s1. The summed E-state index contributed by atoms with van der Waals surface area (Å²) in [4.78, 5) is 15.3. The zero-order valence-corrected chi connectivity index (χ0v) is 20.4. The summed E-state index contributed by atoms with van der Waals surface area (Å²) in [6, 6.07) is 25.3. The number of carbonyl (C=O) groups is 1. The van der Waals surface area contributed by atoms with E-state index in [-0.39, 0.29) is 11.8 Å². The predicted molar refractivity (Wildman–Crippen MR) is 139 cm³/mol. The number of aryl methyl sites for hydroxylation is 1. The topological polar surface area (TPSA) is 43.7 Å². The molecule has 1 aliphatic rings. The molecule has 5 heteroatoms. The van der Waals surface area contributed by atoms with Gasteiger partial charge in [0.25, 0.3) is 0 Å². The van der Waals surface area contributed by atoms with Crippen LogP contribution < -0.4 is 4.74 Å². The molecule has 4 aromatic rings. The Labute approximate surface area is 206 Å². The molecule has 3 aromatic carbocycles. The van der Waals surface area contributed by atoms with Gasteiger partial charge in [0.1, 0.15) is 5.75 Å². The van der Waals surface area contributed by atoms with Crippen molar-refractivity contribution in [2.24, 2.45) is 0 Å². The number of methoxy groups -OCH3 is 1. The Bertz CT molecular complexity index is 1290. The fourth-order valence-electron chi connectivity index (χ4n) is 4.93. The minimum Gasteiger partial charge on any atom is -0.497 e. The van der Waals surface area contributed by atoms with Crippen LogP contribution in [-0.2, 0) is 16.1 Å². The molecule has 0 spiro atoms. The van der Waals surface area contributed by atoms with Gasteiger partial charge >= 0.3 is 0 Å². The van der Waals surface area contributed by atoms with E-state index in [0.717, 1.165) is 12.3 Å². The van der Waals surface area contributed by atoms with Crippen molar-refractivity contribution in [3.63, 3.8) is 0 Å². The van der Waals surface area contributed by atoms with Gasteiger partial charge < -0.3 is 18.9 Å². The maximum absolute atomic E-state index is 13.4. The van der Waals surface area contributed by atoms with E-state index >= 15 is 0 Å². The number of hydrogen-bond donors (Lipinski definition) is 0. The lowest BCUT2D eigenvalue weighted by molar-refractivity contribution is -0.135. The van der Waals surface area contributed by atoms with Gasteiger partial charge in [0.15, 0.2) is 0 Å². The van der Waals surface area contributed by atoms with Crippen molar-refractivity contribution in [1.29, 1.82) is 0 Å². The second-order valence-electron chi connectivity index (χ2n) is 9.24. The number of para-hydroxylation sites is 1. The van der Waals surface area contributed by atoms with Gasteiger partial charge in [-0.25, -0.2) is 0 Å². The second-order valence-corrected chi connectivity index (χ2v) is 9.24. The van der Waals surface area contributed by atoms with Gasteiger partial charge in [-0.05, 0) is 41.8 Å². The van der Waals surface area contributed by atoms with Crippen LogP contribution in [0.2, 0.25) is 0 Å². The number of morpholine rings is 1. The molecule has 0 radical (unpaired) electrons. The summed E-state index contributed by atoms with van der Waals surface area (Å²) >= 11 is 0. The molecule has 1 atom stereocenters. The van der Waals surface area contributed by atoms with Gasteiger partial charge in [0, 0.05) is 49.1 Å². The molecule has 1 saturated heterocycles. The summed E-state index contributed by atoms with van der Waals surface area (Å²) in [5, 5.41) is 1.20. The molecule has 5 rings (SSSR count). The van der Waals surface area contributed by atoms with Crippen LogP contribution in [0.25, 0.3) is 10.9 Å². The fraction of sp³-hybridized carbons (Fsp3) is 0.300. The van der Waals surface area contributed by atoms with E-state index in [9.17, 15) is 4.79 Å². The Morgan fingerprint density at radius 1 is 0.971 bits per heavy atom. The zero-order chi connectivity index (χ0) is 24.2. The van der Waals surface area contributed by atoms with Crippen LogP contribution in [-0.4, -0.2) is 48.8 Å². The summed E-state index contributed by atoms with van der Waals surface area (Å²) in [5.74, 6) is 1.02. The van der Waals surface area contributed by atoms with Crippen LogP contribution in [0.5, 0.6) is 5.75 Å². The van der Waals surface area contributed by atoms with E-state index < -0.39 is 0 Å². The smallest absolute Gasteiger partial charge is 0.223 e. The highest BCUT2D eigenvalue weighted by molar-refractivity contribution is 5.87. The minimum absolute atomic E-state index is 0.0204. The van der Waals surface area contributed by atoms with Gasteiger partial charge in [0.05, 0.1) is 20.3 Å². The third kappa shape index (κ3) is 5.10. The lowest BCUT2D eigenvalue weighted by atomic mass is 9.87. The molecule has 0 bridgehead atoms. The zero-order valence-electron chi connectivity index (χ0n) is 20.4. The highest BCUT2D eigenvalue weighted by atomic mass is 16.5. The Hall–Kier alpha value is -3.57. The number of rotatable bonds is 7. The summed E-state index contributed by atoms with van der Waals surface area (Å²) in [5.41, 5.74) is 5.96. The Morgan fingerprint density at radius 3 is 2.40 bits per heavy atom. The largest absolute Gasteiger partial charge is 0.497 e. The third-order valence-corrected chi connectivity index (χ3v) is 6.93. The van der Waals surface area contributed by atoms with Crippen LogP contribution >= 0.6 is 0 Å². The fourth-order valence-corrected chi connectivity index (χ4v) is 4.93. The lowest BCUT2D eigenvalue weighted by Gasteiger charge is -2.28. The van der Waals surface area contributed by atoms with Gasteiger partial charge in [-0.1, -0.05) is 60.2 Å². The van der Waals surface area contributed by atoms with Crippen LogP contribution in [0.4, 0.5) is 0 Å². The average Bonchev–Trinajstić information content (AvgIpc) is 3.27. The van der Waals surface area contributed by atoms with Gasteiger partial charge in [-0.2, -0.15) is 0 Å². The summed E-state index contributed by atoms with van der Waals surface area (Å²) in [7, 11) is 1.68. The normalized spacial score (nSPS) is 14.7. The van der Waals surface area contributed by atoms with Crippen LogP contribution in [0.15, 0.2) is 79.0 Å². The molecule has 0 unspecified atom stereocenters. The Morgan fingerprint density at radius 2 is 1.69 bits per heavy atom. The average molecular weight is 469 g/mol. The van der Waals surface area contributed by atoms with Crippen molar-refractivity contribution in [2.75, 3.05) is 33.4 Å². The molecule has 180 valence electrons. The lowest BCUT2D eigenvalue weighted by Crippen LogP contribution is -2.41. The molecule has 0 N–H and O–H groups in total. The van der Waals surface area contributed by atoms with Crippen molar-refractivity contribution in [2.45, 2.75) is 25.8 Å². The minimum atomic E-state index is -0.0204. The number of carbonyl (C=O) groups excluding carboxylic acids is 1. The number of hydrogen-bond acceptors (Lipinski definition) is 3. The van der Waals surface area contributed by atoms with E-state index in [2.05, 4.69) is 78.4 Å². The molecule has 0 aliphatic carbocycles. The van der Waals surface area contributed by atoms with Crippen molar-refractivity contribution < 1.29 is 14.3 Å². The number of amides is 1. The number of ether oxygens (including phenoxy) is 2. The molecular formula is C30H32N2O3. The number of aromatic nitrogens is 1. The Kier molecular flexibility index (Phi) is 6.87. The highest BCUT2D eigenvalue weighted by Crippen LogP contribution is 2.36. The van der Waals surface area contributed by atoms with Gasteiger partial charge in [-0.15, -0.1) is 0 Å². The number of fused-ring (bicyclic) bond motifs is 1. The summed E-state index contributed by atoms with van der Waals surface area (Å²) in [6.07, 6.45) is 2.69. The van der Waals surface area contributed by atoms with E-state index in [1.165, 1.54) is 33.2 Å². The van der Waals surface area contributed by atoms with Gasteiger partial charge in [0.2, 0.25) is 5.91 Å². The maximum atomic E-state index is 13.4. The SMILES string of the molecule is COc1ccc(Cn2cc([C@@H](CC(=O)N3CCOCC3)c3ccc(C)cc3)c3ccccc32)cc1. The molecule has 5 nitrogen and oxygen atoms in total. The first-order valence-corrected chi connectivity index (χ1v) is 12.2. The van der Waals surface area contributed by atoms with Crippen LogP contribution in [0.3, 0.4) is 0 Å². The third-order valence-electron chi connectivity index (χ3n) is 6.93. The van der Waals surface area contributed by atoms with E-state index in [4.69, 9.17) is 9.47 Å². The first-order valence-electron chi connectivity index (χ1n) is 12.2. The van der Waals surface area contributed by atoms with E-state index in [1.54, 1.807) is 7.11 Å². The van der Waals surface area contributed by atoms with Crippen LogP contribution in [0.1, 0.15) is 34.6 Å². The quantitative estimate of drug-likeness (QED) is 0.365. The molecule has 35 heavy (non-hydrogen) atoms. The molecule has 1 aliphatic heterocycles. The van der Waals surface area contributed by atoms with Crippen molar-refractivity contribution in [3.8, 4) is 5.75 Å². The summed E-state index contributed by atoms with van der Waals surface area (Å²) in [6.45, 7) is 5.41. The highest BCUT2D eigenvalue weighted by Gasteiger charge is 2.26.